The SMILES string of the molecule is CC1(C)c2ccccc2-c2ccc(-c3ccc(Nc4ccc(-c5ccc6c(c5)C5(c7ccccc7-c7ccccc75)c5ccccc5-6)cc4)cc3)cc21. The van der Waals surface area contributed by atoms with Crippen LogP contribution in [0, 0.1) is 0 Å². The third kappa shape index (κ3) is 4.19. The summed E-state index contributed by atoms with van der Waals surface area (Å²) in [4.78, 5) is 0. The number of hydrogen-bond acceptors (Lipinski definition) is 1. The Labute approximate surface area is 311 Å². The second kappa shape index (κ2) is 11.0. The van der Waals surface area contributed by atoms with Gasteiger partial charge in [-0.05, 0) is 125 Å². The van der Waals surface area contributed by atoms with Gasteiger partial charge in [-0.3, -0.25) is 0 Å². The van der Waals surface area contributed by atoms with E-state index < -0.39 is 0 Å². The van der Waals surface area contributed by atoms with Gasteiger partial charge >= 0.3 is 0 Å². The van der Waals surface area contributed by atoms with Gasteiger partial charge < -0.3 is 5.32 Å². The summed E-state index contributed by atoms with van der Waals surface area (Å²) < 4.78 is 0. The molecule has 0 aromatic heterocycles. The monoisotopic (exact) mass is 675 g/mol. The molecule has 0 saturated heterocycles. The van der Waals surface area contributed by atoms with Gasteiger partial charge in [-0.2, -0.15) is 0 Å². The second-order valence-electron chi connectivity index (χ2n) is 15.4. The van der Waals surface area contributed by atoms with Crippen LogP contribution >= 0.6 is 0 Å². The van der Waals surface area contributed by atoms with E-state index in [1.54, 1.807) is 0 Å². The fourth-order valence-electron chi connectivity index (χ4n) is 9.82. The number of rotatable bonds is 4. The zero-order chi connectivity index (χ0) is 35.3. The average Bonchev–Trinajstić information content (AvgIpc) is 3.77. The Balaban J connectivity index is 0.896. The molecule has 0 bridgehead atoms. The molecular formula is C52H37N. The molecule has 0 fully saturated rings. The Kier molecular flexibility index (Phi) is 6.29. The molecule has 8 aromatic rings. The van der Waals surface area contributed by atoms with Crippen molar-refractivity contribution in [3.8, 4) is 55.6 Å². The lowest BCUT2D eigenvalue weighted by molar-refractivity contribution is 0.660. The summed E-state index contributed by atoms with van der Waals surface area (Å²) in [7, 11) is 0. The van der Waals surface area contributed by atoms with Gasteiger partial charge in [0.1, 0.15) is 0 Å². The van der Waals surface area contributed by atoms with Crippen molar-refractivity contribution in [1.82, 2.24) is 0 Å². The standard InChI is InChI=1S/C52H37N/c1-51(2)45-15-7-3-11-39(45)43-29-23-35(31-49(43)51)33-19-25-37(26-20-33)53-38-27-21-34(22-28-38)36-24-30-44-42-14-6-10-18-48(42)52(50(44)32-36)46-16-8-4-12-40(46)41-13-5-9-17-47(41)52/h3-32,53H,1-2H3. The van der Waals surface area contributed by atoms with Crippen molar-refractivity contribution < 1.29 is 0 Å². The molecule has 1 N–H and O–H groups in total. The number of fused-ring (bicyclic) bond motifs is 13. The van der Waals surface area contributed by atoms with Crippen LogP contribution < -0.4 is 5.32 Å². The molecule has 0 heterocycles. The molecule has 0 saturated carbocycles. The molecule has 3 aliphatic rings. The molecule has 0 aliphatic heterocycles. The lowest BCUT2D eigenvalue weighted by atomic mass is 9.70. The van der Waals surface area contributed by atoms with Crippen LogP contribution in [0.4, 0.5) is 11.4 Å². The topological polar surface area (TPSA) is 12.0 Å². The van der Waals surface area contributed by atoms with E-state index in [4.69, 9.17) is 0 Å². The van der Waals surface area contributed by atoms with Crippen molar-refractivity contribution >= 4 is 11.4 Å². The predicted octanol–water partition coefficient (Wildman–Crippen LogP) is 13.4. The minimum atomic E-state index is -0.330. The molecule has 53 heavy (non-hydrogen) atoms. The second-order valence-corrected chi connectivity index (χ2v) is 15.4. The first-order chi connectivity index (χ1) is 26.0. The molecule has 1 spiro atoms. The molecule has 3 aliphatic carbocycles. The maximum absolute atomic E-state index is 3.64. The Morgan fingerprint density at radius 2 is 0.642 bits per heavy atom. The van der Waals surface area contributed by atoms with Crippen LogP contribution in [0.15, 0.2) is 182 Å². The maximum Gasteiger partial charge on any atom is 0.0725 e. The molecule has 250 valence electrons. The fourth-order valence-corrected chi connectivity index (χ4v) is 9.82. The van der Waals surface area contributed by atoms with Gasteiger partial charge in [0, 0.05) is 16.8 Å². The summed E-state index contributed by atoms with van der Waals surface area (Å²) in [5.74, 6) is 0. The van der Waals surface area contributed by atoms with Crippen LogP contribution in [0.3, 0.4) is 0 Å². The summed E-state index contributed by atoms with van der Waals surface area (Å²) in [6.45, 7) is 4.68. The smallest absolute Gasteiger partial charge is 0.0725 e. The lowest BCUT2D eigenvalue weighted by Crippen LogP contribution is -2.25. The molecule has 11 rings (SSSR count). The Morgan fingerprint density at radius 3 is 1.11 bits per heavy atom. The molecule has 0 radical (unpaired) electrons. The Hall–Kier alpha value is -6.44. The maximum atomic E-state index is 3.64. The van der Waals surface area contributed by atoms with Crippen molar-refractivity contribution in [2.75, 3.05) is 5.32 Å². The van der Waals surface area contributed by atoms with E-state index in [-0.39, 0.29) is 10.8 Å². The first-order valence-electron chi connectivity index (χ1n) is 18.7. The minimum Gasteiger partial charge on any atom is -0.356 e. The van der Waals surface area contributed by atoms with Crippen LogP contribution in [0.25, 0.3) is 55.6 Å². The molecule has 1 heteroatoms. The van der Waals surface area contributed by atoms with Gasteiger partial charge in [0.05, 0.1) is 5.41 Å². The molecular weight excluding hydrogens is 639 g/mol. The highest BCUT2D eigenvalue weighted by Crippen LogP contribution is 2.63. The highest BCUT2D eigenvalue weighted by atomic mass is 14.9. The summed E-state index contributed by atoms with van der Waals surface area (Å²) in [5, 5.41) is 3.64. The molecule has 0 atom stereocenters. The van der Waals surface area contributed by atoms with Gasteiger partial charge in [0.25, 0.3) is 0 Å². The van der Waals surface area contributed by atoms with E-state index in [1.165, 1.54) is 89.0 Å². The van der Waals surface area contributed by atoms with Crippen LogP contribution in [0.2, 0.25) is 0 Å². The van der Waals surface area contributed by atoms with E-state index in [9.17, 15) is 0 Å². The number of hydrogen-bond donors (Lipinski definition) is 1. The van der Waals surface area contributed by atoms with Crippen LogP contribution in [0.1, 0.15) is 47.2 Å². The molecule has 8 aromatic carbocycles. The normalized spacial score (nSPS) is 14.5. The highest BCUT2D eigenvalue weighted by molar-refractivity contribution is 5.96. The van der Waals surface area contributed by atoms with Gasteiger partial charge in [-0.15, -0.1) is 0 Å². The molecule has 1 nitrogen and oxygen atoms in total. The van der Waals surface area contributed by atoms with Gasteiger partial charge in [-0.1, -0.05) is 159 Å². The van der Waals surface area contributed by atoms with Crippen LogP contribution in [0.5, 0.6) is 0 Å². The Bertz CT molecular complexity index is 2700. The van der Waals surface area contributed by atoms with Crippen molar-refractivity contribution in [2.45, 2.75) is 24.7 Å². The number of anilines is 2. The number of benzene rings is 8. The Morgan fingerprint density at radius 1 is 0.302 bits per heavy atom. The van der Waals surface area contributed by atoms with E-state index in [0.717, 1.165) is 11.4 Å². The van der Waals surface area contributed by atoms with Gasteiger partial charge in [0.2, 0.25) is 0 Å². The van der Waals surface area contributed by atoms with Gasteiger partial charge in [-0.25, -0.2) is 0 Å². The van der Waals surface area contributed by atoms with Crippen LogP contribution in [-0.4, -0.2) is 0 Å². The summed E-state index contributed by atoms with van der Waals surface area (Å²) in [5.41, 5.74) is 23.1. The van der Waals surface area contributed by atoms with E-state index >= 15 is 0 Å². The van der Waals surface area contributed by atoms with E-state index in [0.29, 0.717) is 0 Å². The number of nitrogens with one attached hydrogen (secondary N) is 1. The fraction of sp³-hybridized carbons (Fsp3) is 0.0769. The summed E-state index contributed by atoms with van der Waals surface area (Å²) >= 11 is 0. The van der Waals surface area contributed by atoms with Gasteiger partial charge in [0.15, 0.2) is 0 Å². The largest absolute Gasteiger partial charge is 0.356 e. The molecule has 0 unspecified atom stereocenters. The zero-order valence-electron chi connectivity index (χ0n) is 29.8. The first-order valence-corrected chi connectivity index (χ1v) is 18.7. The third-order valence-corrected chi connectivity index (χ3v) is 12.3. The first kappa shape index (κ1) is 30.2. The van der Waals surface area contributed by atoms with Crippen molar-refractivity contribution in [3.63, 3.8) is 0 Å². The quantitative estimate of drug-likeness (QED) is 0.196. The lowest BCUT2D eigenvalue weighted by Gasteiger charge is -2.30. The summed E-state index contributed by atoms with van der Waals surface area (Å²) in [6, 6.07) is 67.6. The summed E-state index contributed by atoms with van der Waals surface area (Å²) in [6.07, 6.45) is 0. The average molecular weight is 676 g/mol. The van der Waals surface area contributed by atoms with Crippen molar-refractivity contribution in [3.05, 3.63) is 215 Å². The highest BCUT2D eigenvalue weighted by Gasteiger charge is 2.51. The molecule has 0 amide bonds. The van der Waals surface area contributed by atoms with Crippen LogP contribution in [-0.2, 0) is 10.8 Å². The predicted molar refractivity (Wildman–Crippen MR) is 221 cm³/mol. The minimum absolute atomic E-state index is 0.00480. The van der Waals surface area contributed by atoms with E-state index in [2.05, 4.69) is 201 Å². The van der Waals surface area contributed by atoms with Crippen molar-refractivity contribution in [2.24, 2.45) is 0 Å². The van der Waals surface area contributed by atoms with Crippen molar-refractivity contribution in [1.29, 1.82) is 0 Å². The zero-order valence-corrected chi connectivity index (χ0v) is 29.8. The third-order valence-electron chi connectivity index (χ3n) is 12.3. The van der Waals surface area contributed by atoms with E-state index in [1.807, 2.05) is 0 Å².